The summed E-state index contributed by atoms with van der Waals surface area (Å²) in [5.41, 5.74) is 1.45. The second kappa shape index (κ2) is 10.1. The molecule has 0 spiro atoms. The van der Waals surface area contributed by atoms with Gasteiger partial charge in [-0.2, -0.15) is 0 Å². The number of aromatic nitrogens is 1. The first-order valence-electron chi connectivity index (χ1n) is 10.3. The fraction of sp³-hybridized carbons (Fsp3) is 0.0833. The zero-order chi connectivity index (χ0) is 24.0. The molecule has 0 saturated carbocycles. The summed E-state index contributed by atoms with van der Waals surface area (Å²) in [6.45, 7) is -0.744. The molecular formula is C24H21N3O5S2. The SMILES string of the molecule is O=S(=O)(c1ccccc1)N(CCO/N=C/c1cccc2cccnc12)S(=O)(=O)c1ccccc1. The Morgan fingerprint density at radius 3 is 1.97 bits per heavy atom. The lowest BCUT2D eigenvalue weighted by Crippen LogP contribution is -2.39. The van der Waals surface area contributed by atoms with Crippen LogP contribution in [0.5, 0.6) is 0 Å². The molecule has 0 fully saturated rings. The second-order valence-corrected chi connectivity index (χ2v) is 11.1. The molecule has 1 aromatic heterocycles. The molecule has 0 aliphatic carbocycles. The molecule has 4 rings (SSSR count). The molecule has 3 aromatic carbocycles. The monoisotopic (exact) mass is 495 g/mol. The smallest absolute Gasteiger partial charge is 0.256 e. The number of para-hydroxylation sites is 1. The molecule has 0 aliphatic rings. The molecule has 0 unspecified atom stereocenters. The summed E-state index contributed by atoms with van der Waals surface area (Å²) in [6.07, 6.45) is 3.12. The Morgan fingerprint density at radius 1 is 0.765 bits per heavy atom. The molecular weight excluding hydrogens is 474 g/mol. The Bertz CT molecular complexity index is 1430. The summed E-state index contributed by atoms with van der Waals surface area (Å²) in [5, 5.41) is 4.82. The predicted molar refractivity (Wildman–Crippen MR) is 129 cm³/mol. The summed E-state index contributed by atoms with van der Waals surface area (Å²) >= 11 is 0. The summed E-state index contributed by atoms with van der Waals surface area (Å²) in [4.78, 5) is 9.30. The zero-order valence-electron chi connectivity index (χ0n) is 17.9. The van der Waals surface area contributed by atoms with Gasteiger partial charge in [0.2, 0.25) is 0 Å². The number of sulfonamides is 2. The maximum absolute atomic E-state index is 13.2. The third-order valence-electron chi connectivity index (χ3n) is 4.91. The second-order valence-electron chi connectivity index (χ2n) is 7.12. The lowest BCUT2D eigenvalue weighted by Gasteiger charge is -2.21. The Hall–Kier alpha value is -3.60. The molecule has 0 aliphatic heterocycles. The largest absolute Gasteiger partial charge is 0.394 e. The van der Waals surface area contributed by atoms with Crippen LogP contribution in [-0.4, -0.2) is 44.9 Å². The Balaban J connectivity index is 1.56. The van der Waals surface area contributed by atoms with Crippen LogP contribution < -0.4 is 0 Å². The summed E-state index contributed by atoms with van der Waals surface area (Å²) in [6, 6.07) is 24.1. The van der Waals surface area contributed by atoms with Gasteiger partial charge in [0, 0.05) is 17.1 Å². The van der Waals surface area contributed by atoms with Crippen LogP contribution in [0.15, 0.2) is 112 Å². The molecule has 34 heavy (non-hydrogen) atoms. The van der Waals surface area contributed by atoms with Gasteiger partial charge in [0.05, 0.1) is 28.1 Å². The minimum Gasteiger partial charge on any atom is -0.394 e. The van der Waals surface area contributed by atoms with Crippen LogP contribution in [-0.2, 0) is 24.9 Å². The van der Waals surface area contributed by atoms with Crippen molar-refractivity contribution in [3.05, 3.63) is 103 Å². The van der Waals surface area contributed by atoms with E-state index in [0.29, 0.717) is 9.27 Å². The summed E-state index contributed by atoms with van der Waals surface area (Å²) in [7, 11) is -8.74. The van der Waals surface area contributed by atoms with Crippen molar-refractivity contribution in [2.45, 2.75) is 9.79 Å². The van der Waals surface area contributed by atoms with E-state index in [9.17, 15) is 16.8 Å². The van der Waals surface area contributed by atoms with Crippen LogP contribution in [0.3, 0.4) is 0 Å². The first kappa shape index (κ1) is 23.6. The topological polar surface area (TPSA) is 106 Å². The molecule has 8 nitrogen and oxygen atoms in total. The average Bonchev–Trinajstić information content (AvgIpc) is 2.87. The third-order valence-corrected chi connectivity index (χ3v) is 9.26. The van der Waals surface area contributed by atoms with Crippen LogP contribution >= 0.6 is 0 Å². The maximum Gasteiger partial charge on any atom is 0.256 e. The highest BCUT2D eigenvalue weighted by Crippen LogP contribution is 2.24. The number of pyridine rings is 1. The molecule has 0 N–H and O–H groups in total. The number of rotatable bonds is 9. The molecule has 174 valence electrons. The number of fused-ring (bicyclic) bond motifs is 1. The van der Waals surface area contributed by atoms with E-state index >= 15 is 0 Å². The van der Waals surface area contributed by atoms with Gasteiger partial charge < -0.3 is 4.84 Å². The van der Waals surface area contributed by atoms with Crippen molar-refractivity contribution >= 4 is 37.2 Å². The van der Waals surface area contributed by atoms with Crippen LogP contribution in [0.4, 0.5) is 0 Å². The van der Waals surface area contributed by atoms with E-state index in [2.05, 4.69) is 10.1 Å². The highest BCUT2D eigenvalue weighted by atomic mass is 32.3. The first-order chi connectivity index (χ1) is 16.4. The minimum atomic E-state index is -4.37. The quantitative estimate of drug-likeness (QED) is 0.199. The number of hydrogen-bond donors (Lipinski definition) is 0. The Labute approximate surface area is 198 Å². The standard InChI is InChI=1S/C24H21N3O5S2/c28-33(29,22-12-3-1-4-13-22)27(34(30,31)23-14-5-2-6-15-23)17-18-32-26-19-21-10-7-9-20-11-8-16-25-24(20)21/h1-16,19H,17-18H2/b26-19+. The van der Waals surface area contributed by atoms with Crippen molar-refractivity contribution in [2.24, 2.45) is 5.16 Å². The van der Waals surface area contributed by atoms with Gasteiger partial charge in [-0.25, -0.2) is 16.8 Å². The molecule has 0 amide bonds. The van der Waals surface area contributed by atoms with Gasteiger partial charge in [0.15, 0.2) is 0 Å². The number of benzene rings is 3. The predicted octanol–water partition coefficient (Wildman–Crippen LogP) is 3.67. The molecule has 1 heterocycles. The highest BCUT2D eigenvalue weighted by molar-refractivity contribution is 8.04. The van der Waals surface area contributed by atoms with Crippen molar-refractivity contribution in [2.75, 3.05) is 13.2 Å². The molecule has 0 bridgehead atoms. The molecule has 4 aromatic rings. The van der Waals surface area contributed by atoms with Crippen molar-refractivity contribution in [1.29, 1.82) is 0 Å². The van der Waals surface area contributed by atoms with Gasteiger partial charge in [0.25, 0.3) is 20.0 Å². The van der Waals surface area contributed by atoms with E-state index in [4.69, 9.17) is 4.84 Å². The Morgan fingerprint density at radius 2 is 1.35 bits per heavy atom. The van der Waals surface area contributed by atoms with Gasteiger partial charge in [-0.05, 0) is 30.3 Å². The summed E-state index contributed by atoms with van der Waals surface area (Å²) < 4.78 is 53.4. The van der Waals surface area contributed by atoms with Crippen LogP contribution in [0.1, 0.15) is 5.56 Å². The van der Waals surface area contributed by atoms with Crippen LogP contribution in [0.25, 0.3) is 10.9 Å². The van der Waals surface area contributed by atoms with E-state index in [1.807, 2.05) is 30.3 Å². The van der Waals surface area contributed by atoms with Crippen LogP contribution in [0, 0.1) is 0 Å². The van der Waals surface area contributed by atoms with E-state index in [-0.39, 0.29) is 16.4 Å². The molecule has 0 radical (unpaired) electrons. The zero-order valence-corrected chi connectivity index (χ0v) is 19.6. The van der Waals surface area contributed by atoms with Crippen molar-refractivity contribution in [3.63, 3.8) is 0 Å². The third kappa shape index (κ3) is 4.98. The van der Waals surface area contributed by atoms with E-state index in [1.165, 1.54) is 54.7 Å². The van der Waals surface area contributed by atoms with Crippen molar-refractivity contribution in [1.82, 2.24) is 8.69 Å². The highest BCUT2D eigenvalue weighted by Gasteiger charge is 2.36. The van der Waals surface area contributed by atoms with Gasteiger partial charge >= 0.3 is 0 Å². The van der Waals surface area contributed by atoms with E-state index < -0.39 is 26.6 Å². The number of hydrogen-bond acceptors (Lipinski definition) is 7. The average molecular weight is 496 g/mol. The fourth-order valence-corrected chi connectivity index (χ4v) is 6.94. The number of nitrogens with zero attached hydrogens (tertiary/aromatic N) is 3. The van der Waals surface area contributed by atoms with Crippen LogP contribution in [0.2, 0.25) is 0 Å². The lowest BCUT2D eigenvalue weighted by molar-refractivity contribution is 0.143. The van der Waals surface area contributed by atoms with Gasteiger partial charge in [-0.15, -0.1) is 0 Å². The summed E-state index contributed by atoms with van der Waals surface area (Å²) in [5.74, 6) is 0. The van der Waals surface area contributed by atoms with Gasteiger partial charge in [-0.1, -0.05) is 69.5 Å². The van der Waals surface area contributed by atoms with Gasteiger partial charge in [-0.3, -0.25) is 4.98 Å². The normalized spacial score (nSPS) is 12.4. The first-order valence-corrected chi connectivity index (χ1v) is 13.2. The molecule has 10 heteroatoms. The molecule has 0 saturated heterocycles. The fourth-order valence-electron chi connectivity index (χ4n) is 3.28. The lowest BCUT2D eigenvalue weighted by atomic mass is 10.1. The maximum atomic E-state index is 13.2. The number of oxime groups is 1. The van der Waals surface area contributed by atoms with Crippen molar-refractivity contribution < 1.29 is 21.7 Å². The Kier molecular flexibility index (Phi) is 7.01. The molecule has 0 atom stereocenters. The van der Waals surface area contributed by atoms with E-state index in [1.54, 1.807) is 18.3 Å². The van der Waals surface area contributed by atoms with Gasteiger partial charge in [0.1, 0.15) is 6.61 Å². The van der Waals surface area contributed by atoms with E-state index in [0.717, 1.165) is 10.9 Å². The minimum absolute atomic E-state index is 0.139. The van der Waals surface area contributed by atoms with Crippen molar-refractivity contribution in [3.8, 4) is 0 Å².